The van der Waals surface area contributed by atoms with Crippen LogP contribution in [0.25, 0.3) is 0 Å². The fraction of sp³-hybridized carbons (Fsp3) is 0.350. The molecule has 2 N–H and O–H groups in total. The second kappa shape index (κ2) is 8.54. The van der Waals surface area contributed by atoms with E-state index in [4.69, 9.17) is 4.74 Å². The first-order valence-corrected chi connectivity index (χ1v) is 10.8. The van der Waals surface area contributed by atoms with E-state index >= 15 is 0 Å². The molecule has 1 aliphatic heterocycles. The minimum Gasteiger partial charge on any atom is -0.489 e. The molecule has 27 heavy (non-hydrogen) atoms. The normalized spacial score (nSPS) is 15.3. The van der Waals surface area contributed by atoms with E-state index in [0.717, 1.165) is 30.7 Å². The molecule has 0 aliphatic carbocycles. The van der Waals surface area contributed by atoms with Crippen LogP contribution in [0.3, 0.4) is 0 Å². The Bertz CT molecular complexity index is 871. The van der Waals surface area contributed by atoms with Crippen molar-refractivity contribution in [1.82, 2.24) is 10.0 Å². The molecule has 0 spiro atoms. The van der Waals surface area contributed by atoms with Gasteiger partial charge in [-0.2, -0.15) is 0 Å². The Labute approximate surface area is 160 Å². The Hall–Kier alpha value is -2.38. The van der Waals surface area contributed by atoms with Crippen molar-refractivity contribution in [2.24, 2.45) is 0 Å². The lowest BCUT2D eigenvalue weighted by Crippen LogP contribution is -2.29. The molecular formula is C20H24N2O4S. The van der Waals surface area contributed by atoms with Gasteiger partial charge >= 0.3 is 0 Å². The highest BCUT2D eigenvalue weighted by Gasteiger charge is 2.15. The van der Waals surface area contributed by atoms with Crippen molar-refractivity contribution in [2.75, 3.05) is 19.3 Å². The summed E-state index contributed by atoms with van der Waals surface area (Å²) in [7, 11) is -3.57. The first-order chi connectivity index (χ1) is 12.9. The number of sulfonamides is 1. The molecule has 2 aromatic rings. The van der Waals surface area contributed by atoms with Gasteiger partial charge in [0.25, 0.3) is 5.91 Å². The number of hydrogen-bond donors (Lipinski definition) is 2. The third kappa shape index (κ3) is 5.80. The Morgan fingerprint density at radius 3 is 2.30 bits per heavy atom. The number of carbonyl (C=O) groups excluding carboxylic acids is 1. The minimum atomic E-state index is -3.57. The van der Waals surface area contributed by atoms with E-state index in [9.17, 15) is 13.2 Å². The summed E-state index contributed by atoms with van der Waals surface area (Å²) in [6.45, 7) is 2.52. The number of rotatable bonds is 6. The molecule has 1 amide bonds. The summed E-state index contributed by atoms with van der Waals surface area (Å²) in [5.74, 6) is 0.774. The molecule has 0 bridgehead atoms. The molecule has 0 unspecified atom stereocenters. The summed E-state index contributed by atoms with van der Waals surface area (Å²) in [5.41, 5.74) is 2.54. The SMILES string of the molecule is CS(=O)(=O)NC(=O)c1ccc(COc2ccc(C3CCNCC3)cc2)cc1. The second-order valence-corrected chi connectivity index (χ2v) is 8.53. The van der Waals surface area contributed by atoms with Gasteiger partial charge in [0.1, 0.15) is 12.4 Å². The number of piperidine rings is 1. The van der Waals surface area contributed by atoms with E-state index < -0.39 is 15.9 Å². The topological polar surface area (TPSA) is 84.5 Å². The van der Waals surface area contributed by atoms with Gasteiger partial charge in [0, 0.05) is 5.56 Å². The van der Waals surface area contributed by atoms with E-state index in [2.05, 4.69) is 17.4 Å². The van der Waals surface area contributed by atoms with Crippen LogP contribution in [0, 0.1) is 0 Å². The van der Waals surface area contributed by atoms with Crippen LogP contribution in [-0.4, -0.2) is 33.7 Å². The molecule has 144 valence electrons. The van der Waals surface area contributed by atoms with Crippen molar-refractivity contribution in [2.45, 2.75) is 25.4 Å². The highest BCUT2D eigenvalue weighted by molar-refractivity contribution is 7.89. The molecule has 0 aromatic heterocycles. The molecule has 2 aromatic carbocycles. The first-order valence-electron chi connectivity index (χ1n) is 8.95. The van der Waals surface area contributed by atoms with Crippen LogP contribution in [0.4, 0.5) is 0 Å². The molecule has 0 radical (unpaired) electrons. The number of ether oxygens (including phenoxy) is 1. The van der Waals surface area contributed by atoms with Crippen LogP contribution in [0.1, 0.15) is 40.2 Å². The second-order valence-electron chi connectivity index (χ2n) is 6.78. The lowest BCUT2D eigenvalue weighted by atomic mass is 9.90. The number of hydrogen-bond acceptors (Lipinski definition) is 5. The summed E-state index contributed by atoms with van der Waals surface area (Å²) in [4.78, 5) is 11.8. The average Bonchev–Trinajstić information content (AvgIpc) is 2.66. The van der Waals surface area contributed by atoms with Gasteiger partial charge < -0.3 is 10.1 Å². The number of carbonyl (C=O) groups is 1. The van der Waals surface area contributed by atoms with Crippen molar-refractivity contribution >= 4 is 15.9 Å². The van der Waals surface area contributed by atoms with Crippen LogP contribution in [0.5, 0.6) is 5.75 Å². The zero-order chi connectivity index (χ0) is 19.3. The smallest absolute Gasteiger partial charge is 0.264 e. The third-order valence-electron chi connectivity index (χ3n) is 4.59. The maximum Gasteiger partial charge on any atom is 0.264 e. The highest BCUT2D eigenvalue weighted by atomic mass is 32.2. The fourth-order valence-corrected chi connectivity index (χ4v) is 3.59. The van der Waals surface area contributed by atoms with Crippen molar-refractivity contribution in [3.8, 4) is 5.75 Å². The van der Waals surface area contributed by atoms with Crippen LogP contribution in [0.15, 0.2) is 48.5 Å². The molecule has 6 nitrogen and oxygen atoms in total. The van der Waals surface area contributed by atoms with Gasteiger partial charge in [0.05, 0.1) is 6.26 Å². The first kappa shape index (κ1) is 19.4. The van der Waals surface area contributed by atoms with E-state index in [-0.39, 0.29) is 5.56 Å². The third-order valence-corrected chi connectivity index (χ3v) is 5.15. The minimum absolute atomic E-state index is 0.287. The fourth-order valence-electron chi connectivity index (χ4n) is 3.14. The highest BCUT2D eigenvalue weighted by Crippen LogP contribution is 2.26. The zero-order valence-electron chi connectivity index (χ0n) is 15.3. The van der Waals surface area contributed by atoms with E-state index in [0.29, 0.717) is 12.5 Å². The van der Waals surface area contributed by atoms with Gasteiger partial charge in [0.15, 0.2) is 0 Å². The van der Waals surface area contributed by atoms with Crippen LogP contribution in [0.2, 0.25) is 0 Å². The predicted octanol–water partition coefficient (Wildman–Crippen LogP) is 2.42. The largest absolute Gasteiger partial charge is 0.489 e. The van der Waals surface area contributed by atoms with Gasteiger partial charge in [-0.15, -0.1) is 0 Å². The lowest BCUT2D eigenvalue weighted by Gasteiger charge is -2.23. The van der Waals surface area contributed by atoms with Gasteiger partial charge in [0.2, 0.25) is 10.0 Å². The molecule has 7 heteroatoms. The number of amides is 1. The molecule has 1 heterocycles. The van der Waals surface area contributed by atoms with Crippen molar-refractivity contribution in [1.29, 1.82) is 0 Å². The van der Waals surface area contributed by atoms with Crippen LogP contribution < -0.4 is 14.8 Å². The number of benzene rings is 2. The lowest BCUT2D eigenvalue weighted by molar-refractivity contribution is 0.0981. The molecule has 1 fully saturated rings. The summed E-state index contributed by atoms with van der Waals surface area (Å²) in [6.07, 6.45) is 3.28. The Morgan fingerprint density at radius 1 is 1.07 bits per heavy atom. The van der Waals surface area contributed by atoms with Gasteiger partial charge in [-0.05, 0) is 67.2 Å². The standard InChI is InChI=1S/C20H24N2O4S/c1-27(24,25)22-20(23)18-4-2-15(3-5-18)14-26-19-8-6-16(7-9-19)17-10-12-21-13-11-17/h2-9,17,21H,10-14H2,1H3,(H,22,23). The van der Waals surface area contributed by atoms with E-state index in [1.807, 2.05) is 16.9 Å². The van der Waals surface area contributed by atoms with Gasteiger partial charge in [-0.1, -0.05) is 24.3 Å². The molecule has 0 atom stereocenters. The van der Waals surface area contributed by atoms with Crippen LogP contribution in [-0.2, 0) is 16.6 Å². The predicted molar refractivity (Wildman–Crippen MR) is 104 cm³/mol. The zero-order valence-corrected chi connectivity index (χ0v) is 16.1. The average molecular weight is 388 g/mol. The Kier molecular flexibility index (Phi) is 6.13. The van der Waals surface area contributed by atoms with Gasteiger partial charge in [-0.3, -0.25) is 4.79 Å². The van der Waals surface area contributed by atoms with Crippen LogP contribution >= 0.6 is 0 Å². The summed E-state index contributed by atoms with van der Waals surface area (Å²) < 4.78 is 30.0. The van der Waals surface area contributed by atoms with Gasteiger partial charge in [-0.25, -0.2) is 13.1 Å². The molecule has 1 aliphatic rings. The molecule has 1 saturated heterocycles. The molecular weight excluding hydrogens is 364 g/mol. The summed E-state index contributed by atoms with van der Waals surface area (Å²) in [5, 5.41) is 3.38. The Balaban J connectivity index is 1.54. The van der Waals surface area contributed by atoms with Crippen molar-refractivity contribution in [3.05, 3.63) is 65.2 Å². The Morgan fingerprint density at radius 2 is 1.70 bits per heavy atom. The van der Waals surface area contributed by atoms with Crippen molar-refractivity contribution < 1.29 is 17.9 Å². The molecule has 3 rings (SSSR count). The maximum absolute atomic E-state index is 11.8. The molecule has 0 saturated carbocycles. The summed E-state index contributed by atoms with van der Waals surface area (Å²) >= 11 is 0. The number of nitrogens with one attached hydrogen (secondary N) is 2. The van der Waals surface area contributed by atoms with E-state index in [1.54, 1.807) is 24.3 Å². The monoisotopic (exact) mass is 388 g/mol. The quantitative estimate of drug-likeness (QED) is 0.794. The van der Waals surface area contributed by atoms with Crippen molar-refractivity contribution in [3.63, 3.8) is 0 Å². The summed E-state index contributed by atoms with van der Waals surface area (Å²) in [6, 6.07) is 14.9. The van der Waals surface area contributed by atoms with E-state index in [1.165, 1.54) is 18.4 Å². The maximum atomic E-state index is 11.8.